The summed E-state index contributed by atoms with van der Waals surface area (Å²) >= 11 is 1.25. The maximum Gasteiger partial charge on any atom is 0.416 e. The van der Waals surface area contributed by atoms with Crippen LogP contribution in [0.15, 0.2) is 82.7 Å². The highest BCUT2D eigenvalue weighted by Crippen LogP contribution is 2.31. The minimum Gasteiger partial charge on any atom is -0.335 e. The number of alkyl halides is 3. The molecular formula is C33H33F4N5O2S. The van der Waals surface area contributed by atoms with Gasteiger partial charge in [0.2, 0.25) is 5.91 Å². The first kappa shape index (κ1) is 32.4. The first-order chi connectivity index (χ1) is 21.6. The molecule has 1 amide bonds. The molecule has 2 heterocycles. The summed E-state index contributed by atoms with van der Waals surface area (Å²) in [5, 5.41) is 8.21. The second-order valence-electron chi connectivity index (χ2n) is 10.9. The number of halogens is 4. The van der Waals surface area contributed by atoms with Gasteiger partial charge in [-0.15, -0.1) is 0 Å². The number of nitrogens with zero attached hydrogens (tertiary/aromatic N) is 4. The third kappa shape index (κ3) is 8.58. The molecule has 1 aromatic heterocycles. The van der Waals surface area contributed by atoms with E-state index in [1.807, 2.05) is 24.3 Å². The van der Waals surface area contributed by atoms with Crippen LogP contribution in [0.1, 0.15) is 42.1 Å². The van der Waals surface area contributed by atoms with Gasteiger partial charge in [-0.25, -0.2) is 9.07 Å². The lowest BCUT2D eigenvalue weighted by Crippen LogP contribution is -2.42. The Bertz CT molecular complexity index is 1650. The number of hydrogen-bond acceptors (Lipinski definition) is 6. The predicted molar refractivity (Wildman–Crippen MR) is 165 cm³/mol. The van der Waals surface area contributed by atoms with Crippen LogP contribution in [0.2, 0.25) is 0 Å². The maximum atomic E-state index is 13.8. The van der Waals surface area contributed by atoms with Crippen LogP contribution < -0.4 is 10.9 Å². The topological polar surface area (TPSA) is 80.1 Å². The normalized spacial score (nSPS) is 14.9. The van der Waals surface area contributed by atoms with Crippen molar-refractivity contribution in [3.05, 3.63) is 111 Å². The average Bonchev–Trinajstić information content (AvgIpc) is 3.54. The van der Waals surface area contributed by atoms with Crippen molar-refractivity contribution < 1.29 is 22.4 Å². The molecule has 1 atom stereocenters. The third-order valence-corrected chi connectivity index (χ3v) is 8.67. The molecule has 12 heteroatoms. The van der Waals surface area contributed by atoms with E-state index >= 15 is 0 Å². The molecule has 1 saturated heterocycles. The molecule has 1 N–H and O–H groups in total. The number of carbonyl (C=O) groups is 1. The van der Waals surface area contributed by atoms with Crippen molar-refractivity contribution in [2.45, 2.75) is 62.4 Å². The number of benzene rings is 3. The van der Waals surface area contributed by atoms with Gasteiger partial charge < -0.3 is 10.2 Å². The van der Waals surface area contributed by atoms with Gasteiger partial charge >= 0.3 is 6.18 Å². The highest BCUT2D eigenvalue weighted by molar-refractivity contribution is 7.98. The molecule has 0 bridgehead atoms. The van der Waals surface area contributed by atoms with Gasteiger partial charge in [0.15, 0.2) is 5.16 Å². The molecule has 236 valence electrons. The van der Waals surface area contributed by atoms with E-state index < -0.39 is 17.3 Å². The van der Waals surface area contributed by atoms with E-state index in [4.69, 9.17) is 0 Å². The first-order valence-electron chi connectivity index (χ1n) is 14.7. The van der Waals surface area contributed by atoms with Crippen molar-refractivity contribution in [3.8, 4) is 11.1 Å². The first-order valence-corrected chi connectivity index (χ1v) is 15.7. The molecule has 3 aromatic carbocycles. The second-order valence-corrected chi connectivity index (χ2v) is 11.9. The number of thioether (sulfide) groups is 1. The van der Waals surface area contributed by atoms with Crippen molar-refractivity contribution in [3.63, 3.8) is 0 Å². The molecule has 0 aliphatic carbocycles. The molecule has 1 aliphatic rings. The van der Waals surface area contributed by atoms with Crippen molar-refractivity contribution in [2.24, 2.45) is 0 Å². The number of carbonyl (C=O) groups excluding carboxylic acids is 1. The molecule has 7 nitrogen and oxygen atoms in total. The van der Waals surface area contributed by atoms with Crippen LogP contribution in [-0.4, -0.2) is 44.7 Å². The number of amides is 1. The lowest BCUT2D eigenvalue weighted by Gasteiger charge is -2.27. The third-order valence-electron chi connectivity index (χ3n) is 7.64. The van der Waals surface area contributed by atoms with Crippen LogP contribution in [0.4, 0.5) is 17.6 Å². The van der Waals surface area contributed by atoms with Crippen LogP contribution in [-0.2, 0) is 36.2 Å². The Morgan fingerprint density at radius 1 is 1.00 bits per heavy atom. The number of aryl methyl sites for hydroxylation is 1. The van der Waals surface area contributed by atoms with Crippen LogP contribution in [0, 0.1) is 5.82 Å². The molecule has 5 rings (SSSR count). The number of aromatic nitrogens is 3. The smallest absolute Gasteiger partial charge is 0.335 e. The summed E-state index contributed by atoms with van der Waals surface area (Å²) in [7, 11) is 0. The fraction of sp³-hybridized carbons (Fsp3) is 0.333. The summed E-state index contributed by atoms with van der Waals surface area (Å²) < 4.78 is 53.7. The quantitative estimate of drug-likeness (QED) is 0.158. The fourth-order valence-corrected chi connectivity index (χ4v) is 6.03. The molecule has 0 radical (unpaired) electrons. The molecular weight excluding hydrogens is 606 g/mol. The monoisotopic (exact) mass is 639 g/mol. The Morgan fingerprint density at radius 3 is 2.24 bits per heavy atom. The second kappa shape index (κ2) is 14.4. The van der Waals surface area contributed by atoms with E-state index in [9.17, 15) is 27.2 Å². The summed E-state index contributed by atoms with van der Waals surface area (Å²) in [6.07, 6.45) is -2.07. The molecule has 4 aromatic rings. The molecule has 45 heavy (non-hydrogen) atoms. The minimum atomic E-state index is -4.40. The zero-order valence-corrected chi connectivity index (χ0v) is 25.5. The van der Waals surface area contributed by atoms with Crippen LogP contribution >= 0.6 is 11.8 Å². The van der Waals surface area contributed by atoms with Crippen molar-refractivity contribution in [1.82, 2.24) is 25.0 Å². The van der Waals surface area contributed by atoms with Crippen LogP contribution in [0.3, 0.4) is 0 Å². The van der Waals surface area contributed by atoms with Gasteiger partial charge in [-0.1, -0.05) is 67.2 Å². The van der Waals surface area contributed by atoms with Crippen LogP contribution in [0.25, 0.3) is 11.1 Å². The van der Waals surface area contributed by atoms with E-state index in [0.29, 0.717) is 36.0 Å². The molecule has 1 aliphatic heterocycles. The van der Waals surface area contributed by atoms with Gasteiger partial charge in [0.05, 0.1) is 5.56 Å². The molecule has 1 fully saturated rings. The van der Waals surface area contributed by atoms with Crippen molar-refractivity contribution in [1.29, 1.82) is 0 Å². The predicted octanol–water partition coefficient (Wildman–Crippen LogP) is 6.10. The Kier molecular flexibility index (Phi) is 10.3. The van der Waals surface area contributed by atoms with Gasteiger partial charge in [-0.3, -0.25) is 9.59 Å². The summed E-state index contributed by atoms with van der Waals surface area (Å²) in [6, 6.07) is 18.6. The lowest BCUT2D eigenvalue weighted by atomic mass is 10.0. The fourth-order valence-electron chi connectivity index (χ4n) is 5.14. The van der Waals surface area contributed by atoms with Gasteiger partial charge in [0.25, 0.3) is 5.56 Å². The Labute approximate surface area is 262 Å². The van der Waals surface area contributed by atoms with E-state index in [2.05, 4.69) is 15.4 Å². The summed E-state index contributed by atoms with van der Waals surface area (Å²) in [6.45, 7) is 3.35. The standard InChI is InChI=1S/C33H33F4N5O2S/c1-2-29-31(44)39-32(45-21-23-7-15-27(34)16-8-23)42(40-29)20-30(43)41(19-28-4-3-17-38-28)18-22-5-9-24(10-6-22)25-11-13-26(14-12-25)33(35,36)37/h5-16,28,38H,2-4,17-21H2,1H3. The Balaban J connectivity index is 1.34. The molecule has 0 spiro atoms. The molecule has 0 saturated carbocycles. The van der Waals surface area contributed by atoms with Gasteiger partial charge in [-0.2, -0.15) is 23.3 Å². The maximum absolute atomic E-state index is 13.8. The van der Waals surface area contributed by atoms with Crippen molar-refractivity contribution in [2.75, 3.05) is 13.1 Å². The SMILES string of the molecule is CCc1nn(CC(=O)N(Cc2ccc(-c3ccc(C(F)(F)F)cc3)cc2)CC2CCCN2)c(SCc2ccc(F)cc2)nc1=O. The zero-order valence-electron chi connectivity index (χ0n) is 24.7. The number of rotatable bonds is 11. The van der Waals surface area contributed by atoms with Gasteiger partial charge in [-0.05, 0) is 72.3 Å². The minimum absolute atomic E-state index is 0.123. The highest BCUT2D eigenvalue weighted by atomic mass is 32.2. The van der Waals surface area contributed by atoms with Crippen molar-refractivity contribution >= 4 is 17.7 Å². The van der Waals surface area contributed by atoms with E-state index in [1.54, 1.807) is 24.0 Å². The van der Waals surface area contributed by atoms with Gasteiger partial charge in [0.1, 0.15) is 18.1 Å². The zero-order chi connectivity index (χ0) is 32.0. The van der Waals surface area contributed by atoms with E-state index in [1.165, 1.54) is 40.7 Å². The Hall–Kier alpha value is -4.03. The van der Waals surface area contributed by atoms with E-state index in [-0.39, 0.29) is 30.0 Å². The number of nitrogens with one attached hydrogen (secondary N) is 1. The molecule has 1 unspecified atom stereocenters. The van der Waals surface area contributed by atoms with E-state index in [0.717, 1.165) is 48.2 Å². The highest BCUT2D eigenvalue weighted by Gasteiger charge is 2.30. The summed E-state index contributed by atoms with van der Waals surface area (Å²) in [5.41, 5.74) is 2.24. The average molecular weight is 640 g/mol. The van der Waals surface area contributed by atoms with Gasteiger partial charge in [0, 0.05) is 24.9 Å². The lowest BCUT2D eigenvalue weighted by molar-refractivity contribution is -0.137. The summed E-state index contributed by atoms with van der Waals surface area (Å²) in [4.78, 5) is 32.4. The summed E-state index contributed by atoms with van der Waals surface area (Å²) in [5.74, 6) is -0.127. The largest absolute Gasteiger partial charge is 0.416 e. The number of hydrogen-bond donors (Lipinski definition) is 1. The van der Waals surface area contributed by atoms with Crippen LogP contribution in [0.5, 0.6) is 0 Å². The Morgan fingerprint density at radius 2 is 1.64 bits per heavy atom.